The van der Waals surface area contributed by atoms with Crippen molar-refractivity contribution >= 4 is 5.91 Å². The summed E-state index contributed by atoms with van der Waals surface area (Å²) in [6, 6.07) is 21.3. The molecule has 0 N–H and O–H groups in total. The van der Waals surface area contributed by atoms with Crippen LogP contribution in [0.3, 0.4) is 0 Å². The Bertz CT molecular complexity index is 663. The number of hydrogen-bond donors (Lipinski definition) is 0. The highest BCUT2D eigenvalue weighted by molar-refractivity contribution is 5.75. The Kier molecular flexibility index (Phi) is 7.02. The summed E-state index contributed by atoms with van der Waals surface area (Å²) in [5.74, 6) is 0.505. The van der Waals surface area contributed by atoms with Crippen LogP contribution in [0.4, 0.5) is 0 Å². The van der Waals surface area contributed by atoms with Gasteiger partial charge in [-0.2, -0.15) is 0 Å². The molecule has 0 aliphatic carbocycles. The molecule has 1 aliphatic heterocycles. The van der Waals surface area contributed by atoms with E-state index in [1.165, 1.54) is 11.1 Å². The van der Waals surface area contributed by atoms with Gasteiger partial charge in [0.2, 0.25) is 5.91 Å². The lowest BCUT2D eigenvalue weighted by atomic mass is 9.86. The van der Waals surface area contributed by atoms with Crippen molar-refractivity contribution in [3.05, 3.63) is 71.8 Å². The minimum atomic E-state index is 0.179. The molecule has 1 aliphatic rings. The highest BCUT2D eigenvalue weighted by atomic mass is 16.5. The lowest BCUT2D eigenvalue weighted by Crippen LogP contribution is -2.44. The molecule has 2 aromatic rings. The number of hydrogen-bond acceptors (Lipinski definition) is 3. The molecular weight excluding hydrogens is 336 g/mol. The van der Waals surface area contributed by atoms with Crippen LogP contribution in [0, 0.1) is 0 Å². The zero-order chi connectivity index (χ0) is 19.1. The number of amides is 1. The molecule has 2 aromatic carbocycles. The number of carbonyl (C=O) groups excluding carboxylic acids is 1. The molecule has 1 fully saturated rings. The molecule has 1 atom stereocenters. The fourth-order valence-corrected chi connectivity index (χ4v) is 3.70. The zero-order valence-corrected chi connectivity index (χ0v) is 16.4. The molecule has 4 nitrogen and oxygen atoms in total. The Balaban J connectivity index is 1.66. The van der Waals surface area contributed by atoms with E-state index in [4.69, 9.17) is 4.74 Å². The van der Waals surface area contributed by atoms with E-state index in [0.29, 0.717) is 12.3 Å². The van der Waals surface area contributed by atoms with Crippen LogP contribution < -0.4 is 0 Å². The van der Waals surface area contributed by atoms with Crippen molar-refractivity contribution < 1.29 is 9.53 Å². The second kappa shape index (κ2) is 9.67. The fraction of sp³-hybridized carbons (Fsp3) is 0.435. The molecule has 144 valence electrons. The van der Waals surface area contributed by atoms with Crippen LogP contribution >= 0.6 is 0 Å². The highest BCUT2D eigenvalue weighted by Crippen LogP contribution is 2.30. The van der Waals surface area contributed by atoms with Gasteiger partial charge in [-0.3, -0.25) is 9.69 Å². The van der Waals surface area contributed by atoms with E-state index < -0.39 is 0 Å². The van der Waals surface area contributed by atoms with E-state index in [-0.39, 0.29) is 12.0 Å². The molecule has 1 saturated heterocycles. The zero-order valence-electron chi connectivity index (χ0n) is 16.4. The SMILES string of the molecule is CN(C)C(=O)CCN1CCO[C@H](CC(c2ccccc2)c2ccccc2)C1. The van der Waals surface area contributed by atoms with E-state index in [2.05, 4.69) is 65.6 Å². The number of nitrogens with zero attached hydrogens (tertiary/aromatic N) is 2. The van der Waals surface area contributed by atoms with Crippen LogP contribution in [-0.4, -0.2) is 62.1 Å². The Hall–Kier alpha value is -2.17. The summed E-state index contributed by atoms with van der Waals surface area (Å²) >= 11 is 0. The Morgan fingerprint density at radius 3 is 2.22 bits per heavy atom. The second-order valence-corrected chi connectivity index (χ2v) is 7.44. The van der Waals surface area contributed by atoms with Crippen molar-refractivity contribution in [3.8, 4) is 0 Å². The van der Waals surface area contributed by atoms with Gasteiger partial charge in [0.05, 0.1) is 12.7 Å². The van der Waals surface area contributed by atoms with Crippen LogP contribution in [-0.2, 0) is 9.53 Å². The third-order valence-electron chi connectivity index (χ3n) is 5.27. The predicted octanol–water partition coefficient (Wildman–Crippen LogP) is 3.39. The van der Waals surface area contributed by atoms with E-state index in [1.54, 1.807) is 4.90 Å². The van der Waals surface area contributed by atoms with Crippen molar-refractivity contribution in [1.29, 1.82) is 0 Å². The largest absolute Gasteiger partial charge is 0.376 e. The first kappa shape index (κ1) is 19.6. The predicted molar refractivity (Wildman–Crippen MR) is 109 cm³/mol. The quantitative estimate of drug-likeness (QED) is 0.753. The Morgan fingerprint density at radius 2 is 1.67 bits per heavy atom. The van der Waals surface area contributed by atoms with Crippen LogP contribution in [0.1, 0.15) is 29.9 Å². The number of ether oxygens (including phenoxy) is 1. The first-order valence-corrected chi connectivity index (χ1v) is 9.77. The summed E-state index contributed by atoms with van der Waals surface area (Å²) in [4.78, 5) is 15.9. The first-order chi connectivity index (χ1) is 13.1. The Morgan fingerprint density at radius 1 is 1.07 bits per heavy atom. The Labute approximate surface area is 162 Å². The van der Waals surface area contributed by atoms with Gasteiger partial charge in [-0.1, -0.05) is 60.7 Å². The number of rotatable bonds is 7. The molecule has 4 heteroatoms. The molecular formula is C23H30N2O2. The van der Waals surface area contributed by atoms with Crippen molar-refractivity contribution in [3.63, 3.8) is 0 Å². The van der Waals surface area contributed by atoms with Gasteiger partial charge in [0.1, 0.15) is 0 Å². The number of benzene rings is 2. The first-order valence-electron chi connectivity index (χ1n) is 9.77. The van der Waals surface area contributed by atoms with E-state index in [1.807, 2.05) is 14.1 Å². The average molecular weight is 367 g/mol. The van der Waals surface area contributed by atoms with Crippen molar-refractivity contribution in [2.24, 2.45) is 0 Å². The second-order valence-electron chi connectivity index (χ2n) is 7.44. The molecule has 0 saturated carbocycles. The monoisotopic (exact) mass is 366 g/mol. The maximum atomic E-state index is 11.9. The minimum Gasteiger partial charge on any atom is -0.376 e. The van der Waals surface area contributed by atoms with Gasteiger partial charge >= 0.3 is 0 Å². The third-order valence-corrected chi connectivity index (χ3v) is 5.27. The summed E-state index contributed by atoms with van der Waals surface area (Å²) in [5, 5.41) is 0. The van der Waals surface area contributed by atoms with Crippen molar-refractivity contribution in [2.75, 3.05) is 40.3 Å². The summed E-state index contributed by atoms with van der Waals surface area (Å²) in [5.41, 5.74) is 2.65. The molecule has 0 radical (unpaired) electrons. The maximum absolute atomic E-state index is 11.9. The van der Waals surface area contributed by atoms with Gasteiger partial charge in [0.15, 0.2) is 0 Å². The summed E-state index contributed by atoms with van der Waals surface area (Å²) < 4.78 is 6.10. The lowest BCUT2D eigenvalue weighted by Gasteiger charge is -2.35. The average Bonchev–Trinajstić information content (AvgIpc) is 2.71. The molecule has 0 unspecified atom stereocenters. The molecule has 1 amide bonds. The molecule has 0 spiro atoms. The summed E-state index contributed by atoms with van der Waals surface area (Å²) in [6.45, 7) is 3.32. The summed E-state index contributed by atoms with van der Waals surface area (Å²) in [7, 11) is 3.63. The van der Waals surface area contributed by atoms with Gasteiger partial charge in [0.25, 0.3) is 0 Å². The molecule has 0 bridgehead atoms. The van der Waals surface area contributed by atoms with Crippen LogP contribution in [0.15, 0.2) is 60.7 Å². The van der Waals surface area contributed by atoms with Crippen molar-refractivity contribution in [2.45, 2.75) is 24.9 Å². The molecule has 1 heterocycles. The van der Waals surface area contributed by atoms with Crippen molar-refractivity contribution in [1.82, 2.24) is 9.80 Å². The fourth-order valence-electron chi connectivity index (χ4n) is 3.70. The van der Waals surface area contributed by atoms with Crippen LogP contribution in [0.25, 0.3) is 0 Å². The number of carbonyl (C=O) groups is 1. The maximum Gasteiger partial charge on any atom is 0.223 e. The minimum absolute atomic E-state index is 0.179. The van der Waals surface area contributed by atoms with E-state index in [9.17, 15) is 4.79 Å². The third kappa shape index (κ3) is 5.65. The van der Waals surface area contributed by atoms with Gasteiger partial charge < -0.3 is 9.64 Å². The van der Waals surface area contributed by atoms with E-state index >= 15 is 0 Å². The van der Waals surface area contributed by atoms with E-state index in [0.717, 1.165) is 32.7 Å². The highest BCUT2D eigenvalue weighted by Gasteiger charge is 2.25. The normalized spacial score (nSPS) is 17.8. The lowest BCUT2D eigenvalue weighted by molar-refractivity contribution is -0.129. The van der Waals surface area contributed by atoms with Gasteiger partial charge in [-0.05, 0) is 17.5 Å². The van der Waals surface area contributed by atoms with Gasteiger partial charge in [-0.15, -0.1) is 0 Å². The van der Waals surface area contributed by atoms with Crippen LogP contribution in [0.5, 0.6) is 0 Å². The molecule has 3 rings (SSSR count). The standard InChI is InChI=1S/C23H30N2O2/c1-24(2)23(26)13-14-25-15-16-27-21(18-25)17-22(19-9-5-3-6-10-19)20-11-7-4-8-12-20/h3-12,21-22H,13-18H2,1-2H3/t21-/m1/s1. The molecule has 0 aromatic heterocycles. The topological polar surface area (TPSA) is 32.8 Å². The molecule has 27 heavy (non-hydrogen) atoms. The van der Waals surface area contributed by atoms with Gasteiger partial charge in [-0.25, -0.2) is 0 Å². The van der Waals surface area contributed by atoms with Gasteiger partial charge in [0, 0.05) is 46.1 Å². The summed E-state index contributed by atoms with van der Waals surface area (Å²) in [6.07, 6.45) is 1.70. The van der Waals surface area contributed by atoms with Crippen LogP contribution in [0.2, 0.25) is 0 Å². The smallest absolute Gasteiger partial charge is 0.223 e. The number of morpholine rings is 1.